The monoisotopic (exact) mass is 431 g/mol. The van der Waals surface area contributed by atoms with E-state index in [1.165, 1.54) is 22.5 Å². The van der Waals surface area contributed by atoms with Crippen LogP contribution in [0.15, 0.2) is 72.9 Å². The second-order valence-electron chi connectivity index (χ2n) is 7.06. The van der Waals surface area contributed by atoms with Crippen molar-refractivity contribution in [3.05, 3.63) is 89.7 Å². The average Bonchev–Trinajstić information content (AvgIpc) is 2.97. The van der Waals surface area contributed by atoms with Crippen LogP contribution in [0.1, 0.15) is 23.2 Å². The maximum Gasteiger partial charge on any atom is 0.414 e. The van der Waals surface area contributed by atoms with E-state index in [2.05, 4.69) is 82.0 Å². The van der Waals surface area contributed by atoms with E-state index in [1.807, 2.05) is 18.3 Å². The standard InChI is InChI=1S/C23H23N3.C2H2O4/c1-3-11-22-19(8-1)13-14-20-9-2-4-12-23(20)26(22)17-7-15-24-18-21-10-5-6-16-25-21;3-1(4)2(5)6/h1-6,8-14,16,24H,7,15,17-18H2;(H,3,4)(H,5,6). The van der Waals surface area contributed by atoms with Crippen molar-refractivity contribution >= 4 is 35.5 Å². The first-order valence-corrected chi connectivity index (χ1v) is 10.3. The number of para-hydroxylation sites is 2. The van der Waals surface area contributed by atoms with Gasteiger partial charge in [0.2, 0.25) is 0 Å². The molecule has 4 rings (SSSR count). The number of aliphatic carboxylic acids is 2. The van der Waals surface area contributed by atoms with E-state index in [0.29, 0.717) is 0 Å². The Labute approximate surface area is 186 Å². The molecule has 0 aliphatic carbocycles. The Hall–Kier alpha value is -3.97. The van der Waals surface area contributed by atoms with E-state index in [0.717, 1.165) is 31.7 Å². The molecule has 1 aliphatic heterocycles. The lowest BCUT2D eigenvalue weighted by atomic mass is 10.1. The summed E-state index contributed by atoms with van der Waals surface area (Å²) in [6, 6.07) is 23.3. The van der Waals surface area contributed by atoms with E-state index < -0.39 is 11.9 Å². The summed E-state index contributed by atoms with van der Waals surface area (Å²) >= 11 is 0. The fourth-order valence-electron chi connectivity index (χ4n) is 3.38. The smallest absolute Gasteiger partial charge is 0.414 e. The zero-order valence-corrected chi connectivity index (χ0v) is 17.5. The van der Waals surface area contributed by atoms with Gasteiger partial charge in [-0.3, -0.25) is 4.98 Å². The van der Waals surface area contributed by atoms with Crippen LogP contribution < -0.4 is 10.2 Å². The van der Waals surface area contributed by atoms with E-state index in [-0.39, 0.29) is 0 Å². The Morgan fingerprint density at radius 3 is 1.91 bits per heavy atom. The number of rotatable bonds is 6. The summed E-state index contributed by atoms with van der Waals surface area (Å²) in [7, 11) is 0. The lowest BCUT2D eigenvalue weighted by Gasteiger charge is -2.27. The second-order valence-corrected chi connectivity index (χ2v) is 7.06. The van der Waals surface area contributed by atoms with Crippen molar-refractivity contribution in [3.63, 3.8) is 0 Å². The third-order valence-electron chi connectivity index (χ3n) is 4.85. The molecule has 0 saturated heterocycles. The fourth-order valence-corrected chi connectivity index (χ4v) is 3.38. The Bertz CT molecular complexity index is 1020. The number of fused-ring (bicyclic) bond motifs is 2. The van der Waals surface area contributed by atoms with Crippen molar-refractivity contribution in [3.8, 4) is 0 Å². The minimum absolute atomic E-state index is 0.815. The fraction of sp³-hybridized carbons (Fsp3) is 0.160. The van der Waals surface area contributed by atoms with Gasteiger partial charge in [-0.15, -0.1) is 0 Å². The molecule has 1 aliphatic rings. The van der Waals surface area contributed by atoms with Crippen LogP contribution in [0.25, 0.3) is 12.2 Å². The van der Waals surface area contributed by atoms with Gasteiger partial charge in [0.25, 0.3) is 0 Å². The molecule has 0 atom stereocenters. The molecule has 0 spiro atoms. The van der Waals surface area contributed by atoms with Gasteiger partial charge in [-0.25, -0.2) is 9.59 Å². The predicted octanol–water partition coefficient (Wildman–Crippen LogP) is 4.04. The molecule has 7 nitrogen and oxygen atoms in total. The number of nitrogens with zero attached hydrogens (tertiary/aromatic N) is 2. The summed E-state index contributed by atoms with van der Waals surface area (Å²) in [5, 5.41) is 18.3. The summed E-state index contributed by atoms with van der Waals surface area (Å²) in [5.41, 5.74) is 6.18. The first-order valence-electron chi connectivity index (χ1n) is 10.3. The van der Waals surface area contributed by atoms with Crippen molar-refractivity contribution in [2.24, 2.45) is 0 Å². The molecule has 2 heterocycles. The van der Waals surface area contributed by atoms with Crippen LogP contribution in [0.3, 0.4) is 0 Å². The maximum atomic E-state index is 9.10. The van der Waals surface area contributed by atoms with Crippen LogP contribution in [0.5, 0.6) is 0 Å². The quantitative estimate of drug-likeness (QED) is 0.400. The number of hydrogen-bond acceptors (Lipinski definition) is 5. The van der Waals surface area contributed by atoms with Crippen molar-refractivity contribution in [2.45, 2.75) is 13.0 Å². The van der Waals surface area contributed by atoms with Crippen molar-refractivity contribution in [2.75, 3.05) is 18.0 Å². The summed E-state index contributed by atoms with van der Waals surface area (Å²) in [6.07, 6.45) is 7.34. The van der Waals surface area contributed by atoms with Crippen molar-refractivity contribution in [1.82, 2.24) is 10.3 Å². The molecular formula is C25H25N3O4. The Balaban J connectivity index is 0.000000427. The molecule has 0 bridgehead atoms. The highest BCUT2D eigenvalue weighted by atomic mass is 16.4. The Morgan fingerprint density at radius 1 is 0.812 bits per heavy atom. The van der Waals surface area contributed by atoms with Gasteiger partial charge in [-0.05, 0) is 48.4 Å². The van der Waals surface area contributed by atoms with Gasteiger partial charge in [0.15, 0.2) is 0 Å². The van der Waals surface area contributed by atoms with Crippen molar-refractivity contribution < 1.29 is 19.8 Å². The van der Waals surface area contributed by atoms with Gasteiger partial charge in [0, 0.05) is 30.7 Å². The van der Waals surface area contributed by atoms with Crippen LogP contribution in [0, 0.1) is 0 Å². The number of pyridine rings is 1. The number of carboxylic acid groups (broad SMARTS) is 2. The molecule has 32 heavy (non-hydrogen) atoms. The molecule has 7 heteroatoms. The van der Waals surface area contributed by atoms with Gasteiger partial charge < -0.3 is 20.4 Å². The molecule has 0 radical (unpaired) electrons. The Morgan fingerprint density at radius 2 is 1.38 bits per heavy atom. The second kappa shape index (κ2) is 11.4. The van der Waals surface area contributed by atoms with E-state index in [4.69, 9.17) is 19.8 Å². The summed E-state index contributed by atoms with van der Waals surface area (Å²) < 4.78 is 0. The first-order chi connectivity index (χ1) is 15.6. The van der Waals surface area contributed by atoms with E-state index in [1.54, 1.807) is 0 Å². The molecule has 3 aromatic rings. The molecule has 2 aromatic carbocycles. The molecular weight excluding hydrogens is 406 g/mol. The van der Waals surface area contributed by atoms with E-state index in [9.17, 15) is 0 Å². The molecule has 1 aromatic heterocycles. The lowest BCUT2D eigenvalue weighted by molar-refractivity contribution is -0.159. The zero-order valence-electron chi connectivity index (χ0n) is 17.5. The van der Waals surface area contributed by atoms with Crippen LogP contribution in [0.2, 0.25) is 0 Å². The highest BCUT2D eigenvalue weighted by molar-refractivity contribution is 6.27. The minimum Gasteiger partial charge on any atom is -0.473 e. The number of hydrogen-bond donors (Lipinski definition) is 3. The van der Waals surface area contributed by atoms with Crippen LogP contribution >= 0.6 is 0 Å². The molecule has 0 fully saturated rings. The van der Waals surface area contributed by atoms with Crippen LogP contribution in [-0.4, -0.2) is 40.2 Å². The number of anilines is 2. The highest BCUT2D eigenvalue weighted by Crippen LogP contribution is 2.35. The minimum atomic E-state index is -1.82. The number of aromatic nitrogens is 1. The SMILES string of the molecule is C1=Cc2ccccc2N(CCCNCc2ccccn2)c2ccccc21.O=C(O)C(=O)O. The summed E-state index contributed by atoms with van der Waals surface area (Å²) in [6.45, 7) is 2.76. The molecule has 0 unspecified atom stereocenters. The van der Waals surface area contributed by atoms with Gasteiger partial charge in [0.05, 0.1) is 5.69 Å². The normalized spacial score (nSPS) is 11.4. The number of carbonyl (C=O) groups is 2. The molecule has 0 amide bonds. The largest absolute Gasteiger partial charge is 0.473 e. The summed E-state index contributed by atoms with van der Waals surface area (Å²) in [4.78, 5) is 25.0. The predicted molar refractivity (Wildman–Crippen MR) is 125 cm³/mol. The van der Waals surface area contributed by atoms with Gasteiger partial charge in [0.1, 0.15) is 0 Å². The zero-order chi connectivity index (χ0) is 22.8. The highest BCUT2D eigenvalue weighted by Gasteiger charge is 2.16. The number of benzene rings is 2. The molecule has 3 N–H and O–H groups in total. The lowest BCUT2D eigenvalue weighted by Crippen LogP contribution is -2.24. The van der Waals surface area contributed by atoms with Gasteiger partial charge >= 0.3 is 11.9 Å². The number of nitrogens with one attached hydrogen (secondary N) is 1. The van der Waals surface area contributed by atoms with E-state index >= 15 is 0 Å². The Kier molecular flexibility index (Phi) is 8.11. The summed E-state index contributed by atoms with van der Waals surface area (Å²) in [5.74, 6) is -3.65. The molecule has 0 saturated carbocycles. The average molecular weight is 431 g/mol. The first kappa shape index (κ1) is 22.7. The number of carboxylic acids is 2. The van der Waals surface area contributed by atoms with Crippen molar-refractivity contribution in [1.29, 1.82) is 0 Å². The maximum absolute atomic E-state index is 9.10. The van der Waals surface area contributed by atoms with Crippen LogP contribution in [-0.2, 0) is 16.1 Å². The molecule has 164 valence electrons. The topological polar surface area (TPSA) is 103 Å². The third kappa shape index (κ3) is 6.26. The van der Waals surface area contributed by atoms with Gasteiger partial charge in [-0.2, -0.15) is 0 Å². The third-order valence-corrected chi connectivity index (χ3v) is 4.85. The van der Waals surface area contributed by atoms with Crippen LogP contribution in [0.4, 0.5) is 11.4 Å². The van der Waals surface area contributed by atoms with Gasteiger partial charge in [-0.1, -0.05) is 54.6 Å².